The lowest BCUT2D eigenvalue weighted by Crippen LogP contribution is -2.42. The highest BCUT2D eigenvalue weighted by molar-refractivity contribution is 7.93. The fourth-order valence-electron chi connectivity index (χ4n) is 2.69. The monoisotopic (exact) mass is 479 g/mol. The summed E-state index contributed by atoms with van der Waals surface area (Å²) in [6, 6.07) is 3.31. The number of sulfonamides is 1. The Bertz CT molecular complexity index is 1260. The van der Waals surface area contributed by atoms with E-state index in [-0.39, 0.29) is 23.1 Å². The molecule has 0 bridgehead atoms. The van der Waals surface area contributed by atoms with Crippen LogP contribution in [0.3, 0.4) is 0 Å². The van der Waals surface area contributed by atoms with Crippen molar-refractivity contribution in [3.8, 4) is 0 Å². The van der Waals surface area contributed by atoms with Gasteiger partial charge in [-0.1, -0.05) is 11.6 Å². The Hall–Kier alpha value is -3.58. The first kappa shape index (κ1) is 23.1. The first-order valence-corrected chi connectivity index (χ1v) is 11.0. The Labute approximate surface area is 188 Å². The molecule has 3 aromatic heterocycles. The summed E-state index contributed by atoms with van der Waals surface area (Å²) in [6.07, 6.45) is 2.23. The number of ether oxygens (including phenoxy) is 1. The zero-order valence-corrected chi connectivity index (χ0v) is 18.7. The van der Waals surface area contributed by atoms with Crippen molar-refractivity contribution in [2.75, 3.05) is 16.2 Å². The second kappa shape index (κ2) is 9.28. The number of rotatable bonds is 6. The van der Waals surface area contributed by atoms with Gasteiger partial charge in [0.1, 0.15) is 5.56 Å². The van der Waals surface area contributed by atoms with Gasteiger partial charge in [-0.15, -0.1) is 0 Å². The summed E-state index contributed by atoms with van der Waals surface area (Å²) < 4.78 is 32.1. The third-order valence-electron chi connectivity index (χ3n) is 3.91. The van der Waals surface area contributed by atoms with E-state index >= 15 is 0 Å². The number of carbonyl (C=O) groups is 2. The molecule has 0 spiro atoms. The molecule has 0 aliphatic carbocycles. The van der Waals surface area contributed by atoms with E-state index < -0.39 is 32.9 Å². The van der Waals surface area contributed by atoms with Crippen LogP contribution in [0.1, 0.15) is 28.7 Å². The quantitative estimate of drug-likeness (QED) is 0.506. The zero-order valence-electron chi connectivity index (χ0n) is 17.2. The van der Waals surface area contributed by atoms with Gasteiger partial charge in [-0.3, -0.25) is 10.4 Å². The van der Waals surface area contributed by atoms with Crippen molar-refractivity contribution in [3.05, 3.63) is 52.6 Å². The SMILES string of the molecule is CCOC(=O)c1cn[nH]c1S(=O)(=O)N(C(=O)Nc1nc(C)cc(C)n1)c1ncccc1Cl. The van der Waals surface area contributed by atoms with Gasteiger partial charge < -0.3 is 4.74 Å². The molecule has 0 unspecified atom stereocenters. The van der Waals surface area contributed by atoms with Crippen LogP contribution < -0.4 is 9.62 Å². The number of aromatic nitrogens is 5. The van der Waals surface area contributed by atoms with Crippen LogP contribution in [0, 0.1) is 13.8 Å². The van der Waals surface area contributed by atoms with Crippen LogP contribution in [0.4, 0.5) is 16.6 Å². The number of halogens is 1. The average Bonchev–Trinajstić information content (AvgIpc) is 3.20. The van der Waals surface area contributed by atoms with Crippen LogP contribution in [0.2, 0.25) is 5.02 Å². The number of amides is 2. The van der Waals surface area contributed by atoms with E-state index in [1.54, 1.807) is 26.8 Å². The predicted molar refractivity (Wildman–Crippen MR) is 114 cm³/mol. The van der Waals surface area contributed by atoms with Gasteiger partial charge >= 0.3 is 12.0 Å². The third-order valence-corrected chi connectivity index (χ3v) is 5.86. The Morgan fingerprint density at radius 1 is 1.25 bits per heavy atom. The van der Waals surface area contributed by atoms with Crippen LogP contribution >= 0.6 is 11.6 Å². The topological polar surface area (TPSA) is 160 Å². The van der Waals surface area contributed by atoms with Crippen LogP contribution in [-0.4, -0.2) is 52.2 Å². The molecule has 0 aliphatic heterocycles. The molecule has 0 saturated carbocycles. The molecule has 0 fully saturated rings. The van der Waals surface area contributed by atoms with Gasteiger partial charge in [0.2, 0.25) is 5.95 Å². The molecule has 3 heterocycles. The molecular weight excluding hydrogens is 462 g/mol. The molecule has 12 nitrogen and oxygen atoms in total. The summed E-state index contributed by atoms with van der Waals surface area (Å²) in [4.78, 5) is 37.4. The standard InChI is InChI=1S/C18H18ClN7O5S/c1-4-31-16(27)12-9-21-25-15(12)32(29,30)26(14-13(19)6-5-7-20-14)18(28)24-17-22-10(2)8-11(3)23-17/h5-9H,4H2,1-3H3,(H,21,25)(H,22,23,24,28). The maximum atomic E-state index is 13.5. The largest absolute Gasteiger partial charge is 0.462 e. The lowest BCUT2D eigenvalue weighted by molar-refractivity contribution is 0.0522. The minimum atomic E-state index is -4.77. The van der Waals surface area contributed by atoms with Crippen molar-refractivity contribution in [1.29, 1.82) is 0 Å². The van der Waals surface area contributed by atoms with Gasteiger partial charge in [-0.05, 0) is 39.0 Å². The third kappa shape index (κ3) is 4.68. The Balaban J connectivity index is 2.12. The Morgan fingerprint density at radius 2 is 1.94 bits per heavy atom. The number of carbonyl (C=O) groups excluding carboxylic acids is 2. The number of H-pyrrole nitrogens is 1. The summed E-state index contributed by atoms with van der Waals surface area (Å²) >= 11 is 6.14. The molecule has 0 aliphatic rings. The molecule has 0 aromatic carbocycles. The van der Waals surface area contributed by atoms with Crippen LogP contribution in [0.25, 0.3) is 0 Å². The number of hydrogen-bond acceptors (Lipinski definition) is 9. The van der Waals surface area contributed by atoms with E-state index in [9.17, 15) is 18.0 Å². The number of pyridine rings is 1. The summed E-state index contributed by atoms with van der Waals surface area (Å²) in [6.45, 7) is 4.93. The molecule has 3 rings (SSSR count). The maximum Gasteiger partial charge on any atom is 0.344 e. The van der Waals surface area contributed by atoms with E-state index in [1.165, 1.54) is 18.3 Å². The van der Waals surface area contributed by atoms with E-state index in [0.29, 0.717) is 15.7 Å². The fourth-order valence-corrected chi connectivity index (χ4v) is 4.35. The van der Waals surface area contributed by atoms with Gasteiger partial charge in [0, 0.05) is 17.6 Å². The van der Waals surface area contributed by atoms with Gasteiger partial charge in [-0.25, -0.2) is 24.5 Å². The number of nitrogens with zero attached hydrogens (tertiary/aromatic N) is 5. The molecule has 3 aromatic rings. The van der Waals surface area contributed by atoms with Crippen LogP contribution in [-0.2, 0) is 14.8 Å². The van der Waals surface area contributed by atoms with Gasteiger partial charge in [0.15, 0.2) is 10.8 Å². The first-order chi connectivity index (χ1) is 15.1. The van der Waals surface area contributed by atoms with Crippen molar-refractivity contribution in [2.45, 2.75) is 25.8 Å². The lowest BCUT2D eigenvalue weighted by Gasteiger charge is -2.22. The van der Waals surface area contributed by atoms with Gasteiger partial charge in [-0.2, -0.15) is 17.8 Å². The Kier molecular flexibility index (Phi) is 6.69. The highest BCUT2D eigenvalue weighted by Crippen LogP contribution is 2.29. The molecule has 2 N–H and O–H groups in total. The van der Waals surface area contributed by atoms with Crippen molar-refractivity contribution in [3.63, 3.8) is 0 Å². The van der Waals surface area contributed by atoms with Gasteiger partial charge in [0.05, 0.1) is 17.8 Å². The minimum Gasteiger partial charge on any atom is -0.462 e. The number of aryl methyl sites for hydroxylation is 2. The molecule has 14 heteroatoms. The molecule has 32 heavy (non-hydrogen) atoms. The fraction of sp³-hybridized carbons (Fsp3) is 0.222. The van der Waals surface area contributed by atoms with Gasteiger partial charge in [0.25, 0.3) is 10.0 Å². The van der Waals surface area contributed by atoms with Crippen LogP contribution in [0.5, 0.6) is 0 Å². The molecule has 168 valence electrons. The smallest absolute Gasteiger partial charge is 0.344 e. The Morgan fingerprint density at radius 3 is 2.56 bits per heavy atom. The highest BCUT2D eigenvalue weighted by Gasteiger charge is 2.38. The predicted octanol–water partition coefficient (Wildman–Crippen LogP) is 2.47. The number of aromatic amines is 1. The summed E-state index contributed by atoms with van der Waals surface area (Å²) in [7, 11) is -4.77. The normalized spacial score (nSPS) is 11.1. The molecule has 0 radical (unpaired) electrons. The van der Waals surface area contributed by atoms with E-state index in [0.717, 1.165) is 6.20 Å². The molecule has 0 saturated heterocycles. The first-order valence-electron chi connectivity index (χ1n) is 9.14. The number of esters is 1. The van der Waals surface area contributed by atoms with E-state index in [2.05, 4.69) is 30.5 Å². The van der Waals surface area contributed by atoms with Crippen molar-refractivity contribution >= 4 is 45.4 Å². The number of anilines is 2. The van der Waals surface area contributed by atoms with Crippen molar-refractivity contribution < 1.29 is 22.7 Å². The second-order valence-corrected chi connectivity index (χ2v) is 8.45. The average molecular weight is 480 g/mol. The molecule has 2 amide bonds. The van der Waals surface area contributed by atoms with E-state index in [1.807, 2.05) is 0 Å². The molecule has 0 atom stereocenters. The van der Waals surface area contributed by atoms with E-state index in [4.69, 9.17) is 16.3 Å². The number of hydrogen-bond donors (Lipinski definition) is 2. The van der Waals surface area contributed by atoms with Crippen molar-refractivity contribution in [2.24, 2.45) is 0 Å². The highest BCUT2D eigenvalue weighted by atomic mass is 35.5. The second-order valence-electron chi connectivity index (χ2n) is 6.32. The summed E-state index contributed by atoms with van der Waals surface area (Å²) in [5.41, 5.74) is 0.715. The van der Waals surface area contributed by atoms with Crippen molar-refractivity contribution in [1.82, 2.24) is 25.1 Å². The molecular formula is C18H18ClN7O5S. The number of nitrogens with one attached hydrogen (secondary N) is 2. The number of urea groups is 1. The van der Waals surface area contributed by atoms with Crippen LogP contribution in [0.15, 0.2) is 35.6 Å². The summed E-state index contributed by atoms with van der Waals surface area (Å²) in [5, 5.41) is 7.37. The minimum absolute atomic E-state index is 0.00379. The summed E-state index contributed by atoms with van der Waals surface area (Å²) in [5.74, 6) is -1.47. The lowest BCUT2D eigenvalue weighted by atomic mass is 10.4. The maximum absolute atomic E-state index is 13.5. The zero-order chi connectivity index (χ0) is 23.5.